The number of aromatic nitrogens is 3. The highest BCUT2D eigenvalue weighted by Crippen LogP contribution is 2.24. The summed E-state index contributed by atoms with van der Waals surface area (Å²) in [6.07, 6.45) is 3.22. The Bertz CT molecular complexity index is 1090. The van der Waals surface area contributed by atoms with Crippen molar-refractivity contribution in [1.82, 2.24) is 20.1 Å². The van der Waals surface area contributed by atoms with Crippen LogP contribution in [0, 0.1) is 6.92 Å². The van der Waals surface area contributed by atoms with Crippen molar-refractivity contribution in [2.75, 3.05) is 29.9 Å². The third-order valence-electron chi connectivity index (χ3n) is 5.24. The molecular formula is C23H26N6O2. The molecule has 1 fully saturated rings. The molecule has 0 radical (unpaired) electrons. The standard InChI is InChI=1S/C23H26N6O2/c1-15(2)22-19(13-26-29(22)18-7-4-16(3)5-8-18)23(31)27-17-6-9-20(25-12-17)28-11-10-24-21(30)14-28/h4-9,12-13,15H,10-11,14H2,1-3H3,(H,24,30)(H,27,31). The molecular weight excluding hydrogens is 392 g/mol. The average molecular weight is 419 g/mol. The minimum Gasteiger partial charge on any atom is -0.353 e. The van der Waals surface area contributed by atoms with Gasteiger partial charge in [0, 0.05) is 13.1 Å². The molecule has 8 nitrogen and oxygen atoms in total. The Labute approximate surface area is 181 Å². The van der Waals surface area contributed by atoms with E-state index >= 15 is 0 Å². The fraction of sp³-hybridized carbons (Fsp3) is 0.304. The van der Waals surface area contributed by atoms with E-state index in [9.17, 15) is 9.59 Å². The number of nitrogens with zero attached hydrogens (tertiary/aromatic N) is 4. The number of carbonyl (C=O) groups is 2. The second-order valence-electron chi connectivity index (χ2n) is 7.98. The quantitative estimate of drug-likeness (QED) is 0.665. The molecule has 0 bridgehead atoms. The number of benzene rings is 1. The number of anilines is 2. The van der Waals surface area contributed by atoms with Crippen LogP contribution in [0.4, 0.5) is 11.5 Å². The third kappa shape index (κ3) is 4.42. The van der Waals surface area contributed by atoms with E-state index in [2.05, 4.69) is 20.7 Å². The molecule has 3 aromatic rings. The highest BCUT2D eigenvalue weighted by atomic mass is 16.2. The van der Waals surface area contributed by atoms with Crippen molar-refractivity contribution in [2.45, 2.75) is 26.7 Å². The molecule has 0 unspecified atom stereocenters. The topological polar surface area (TPSA) is 92.2 Å². The van der Waals surface area contributed by atoms with Crippen molar-refractivity contribution >= 4 is 23.3 Å². The highest BCUT2D eigenvalue weighted by molar-refractivity contribution is 6.05. The number of nitrogens with one attached hydrogen (secondary N) is 2. The van der Waals surface area contributed by atoms with Gasteiger partial charge >= 0.3 is 0 Å². The maximum atomic E-state index is 13.0. The molecule has 160 valence electrons. The molecule has 1 aliphatic heterocycles. The van der Waals surface area contributed by atoms with Crippen molar-refractivity contribution in [3.8, 4) is 5.69 Å². The second-order valence-corrected chi connectivity index (χ2v) is 7.98. The molecule has 4 rings (SSSR count). The van der Waals surface area contributed by atoms with E-state index in [1.165, 1.54) is 5.56 Å². The van der Waals surface area contributed by atoms with Crippen molar-refractivity contribution in [1.29, 1.82) is 0 Å². The van der Waals surface area contributed by atoms with Crippen LogP contribution < -0.4 is 15.5 Å². The third-order valence-corrected chi connectivity index (χ3v) is 5.24. The lowest BCUT2D eigenvalue weighted by Gasteiger charge is -2.27. The number of carbonyl (C=O) groups excluding carboxylic acids is 2. The van der Waals surface area contributed by atoms with Crippen molar-refractivity contribution in [3.63, 3.8) is 0 Å². The Morgan fingerprint density at radius 3 is 2.55 bits per heavy atom. The molecule has 0 spiro atoms. The molecule has 1 aromatic carbocycles. The van der Waals surface area contributed by atoms with Gasteiger partial charge in [0.05, 0.1) is 41.6 Å². The Morgan fingerprint density at radius 2 is 1.90 bits per heavy atom. The fourth-order valence-electron chi connectivity index (χ4n) is 3.66. The number of hydrogen-bond acceptors (Lipinski definition) is 5. The summed E-state index contributed by atoms with van der Waals surface area (Å²) in [5.41, 5.74) is 4.07. The second kappa shape index (κ2) is 8.59. The Kier molecular flexibility index (Phi) is 5.70. The lowest BCUT2D eigenvalue weighted by atomic mass is 10.0. The van der Waals surface area contributed by atoms with Crippen LogP contribution in [0.25, 0.3) is 5.69 Å². The first kappa shape index (κ1) is 20.6. The Hall–Kier alpha value is -3.68. The van der Waals surface area contributed by atoms with Crippen LogP contribution in [0.1, 0.15) is 41.4 Å². The van der Waals surface area contributed by atoms with E-state index in [0.717, 1.165) is 11.4 Å². The molecule has 2 amide bonds. The number of piperazine rings is 1. The van der Waals surface area contributed by atoms with E-state index in [1.54, 1.807) is 18.5 Å². The number of rotatable bonds is 5. The van der Waals surface area contributed by atoms with E-state index < -0.39 is 0 Å². The van der Waals surface area contributed by atoms with Crippen LogP contribution in [0.5, 0.6) is 0 Å². The van der Waals surface area contributed by atoms with Gasteiger partial charge in [-0.15, -0.1) is 0 Å². The van der Waals surface area contributed by atoms with Crippen LogP contribution in [-0.4, -0.2) is 46.2 Å². The first-order chi connectivity index (χ1) is 14.9. The first-order valence-corrected chi connectivity index (χ1v) is 10.4. The van der Waals surface area contributed by atoms with Gasteiger partial charge in [0.2, 0.25) is 5.91 Å². The monoisotopic (exact) mass is 418 g/mol. The molecule has 31 heavy (non-hydrogen) atoms. The summed E-state index contributed by atoms with van der Waals surface area (Å²) < 4.78 is 1.82. The number of pyridine rings is 1. The maximum Gasteiger partial charge on any atom is 0.259 e. The first-order valence-electron chi connectivity index (χ1n) is 10.4. The predicted molar refractivity (Wildman–Crippen MR) is 120 cm³/mol. The number of aryl methyl sites for hydroxylation is 1. The molecule has 0 aliphatic carbocycles. The molecule has 3 heterocycles. The molecule has 1 aliphatic rings. The fourth-order valence-corrected chi connectivity index (χ4v) is 3.66. The summed E-state index contributed by atoms with van der Waals surface area (Å²) in [5, 5.41) is 10.2. The predicted octanol–water partition coefficient (Wildman–Crippen LogP) is 2.89. The lowest BCUT2D eigenvalue weighted by Crippen LogP contribution is -2.48. The van der Waals surface area contributed by atoms with Crippen molar-refractivity contribution in [2.24, 2.45) is 0 Å². The van der Waals surface area contributed by atoms with Crippen LogP contribution in [0.3, 0.4) is 0 Å². The van der Waals surface area contributed by atoms with Crippen molar-refractivity contribution in [3.05, 3.63) is 65.6 Å². The Morgan fingerprint density at radius 1 is 1.13 bits per heavy atom. The zero-order valence-corrected chi connectivity index (χ0v) is 17.9. The maximum absolute atomic E-state index is 13.0. The molecule has 2 aromatic heterocycles. The number of hydrogen-bond donors (Lipinski definition) is 2. The zero-order chi connectivity index (χ0) is 22.0. The van der Waals surface area contributed by atoms with Crippen LogP contribution in [0.2, 0.25) is 0 Å². The summed E-state index contributed by atoms with van der Waals surface area (Å²) in [6.45, 7) is 7.72. The smallest absolute Gasteiger partial charge is 0.259 e. The van der Waals surface area contributed by atoms with Gasteiger partial charge in [-0.05, 0) is 37.1 Å². The van der Waals surface area contributed by atoms with Gasteiger partial charge in [-0.25, -0.2) is 9.67 Å². The van der Waals surface area contributed by atoms with Gasteiger partial charge in [0.25, 0.3) is 5.91 Å². The Balaban J connectivity index is 1.53. The lowest BCUT2D eigenvalue weighted by molar-refractivity contribution is -0.120. The summed E-state index contributed by atoms with van der Waals surface area (Å²) in [6, 6.07) is 11.7. The van der Waals surface area contributed by atoms with Crippen LogP contribution >= 0.6 is 0 Å². The van der Waals surface area contributed by atoms with E-state index in [0.29, 0.717) is 30.2 Å². The van der Waals surface area contributed by atoms with Gasteiger partial charge in [0.15, 0.2) is 0 Å². The van der Waals surface area contributed by atoms with E-state index in [1.807, 2.05) is 60.7 Å². The zero-order valence-electron chi connectivity index (χ0n) is 17.9. The highest BCUT2D eigenvalue weighted by Gasteiger charge is 2.22. The van der Waals surface area contributed by atoms with E-state index in [4.69, 9.17) is 0 Å². The molecule has 0 saturated carbocycles. The van der Waals surface area contributed by atoms with Gasteiger partial charge in [-0.2, -0.15) is 5.10 Å². The normalized spacial score (nSPS) is 13.9. The van der Waals surface area contributed by atoms with Gasteiger partial charge in [-0.3, -0.25) is 9.59 Å². The van der Waals surface area contributed by atoms with E-state index in [-0.39, 0.29) is 24.3 Å². The van der Waals surface area contributed by atoms with Gasteiger partial charge < -0.3 is 15.5 Å². The average Bonchev–Trinajstić information content (AvgIpc) is 3.20. The molecule has 8 heteroatoms. The summed E-state index contributed by atoms with van der Waals surface area (Å²) in [5.74, 6) is 0.574. The summed E-state index contributed by atoms with van der Waals surface area (Å²) in [4.78, 5) is 30.9. The number of amides is 2. The molecule has 1 saturated heterocycles. The van der Waals surface area contributed by atoms with Crippen molar-refractivity contribution < 1.29 is 9.59 Å². The molecule has 0 atom stereocenters. The summed E-state index contributed by atoms with van der Waals surface area (Å²) >= 11 is 0. The van der Waals surface area contributed by atoms with Crippen LogP contribution in [0.15, 0.2) is 48.8 Å². The van der Waals surface area contributed by atoms with Crippen LogP contribution in [-0.2, 0) is 4.79 Å². The SMILES string of the molecule is Cc1ccc(-n2ncc(C(=O)Nc3ccc(N4CCNC(=O)C4)nc3)c2C(C)C)cc1. The minimum absolute atomic E-state index is 0.0165. The largest absolute Gasteiger partial charge is 0.353 e. The summed E-state index contributed by atoms with van der Waals surface area (Å²) in [7, 11) is 0. The van der Waals surface area contributed by atoms with Gasteiger partial charge in [0.1, 0.15) is 5.82 Å². The minimum atomic E-state index is -0.228. The molecule has 2 N–H and O–H groups in total. The van der Waals surface area contributed by atoms with Gasteiger partial charge in [-0.1, -0.05) is 31.5 Å².